The maximum absolute atomic E-state index is 11.7. The Balaban J connectivity index is 2.23. The highest BCUT2D eigenvalue weighted by molar-refractivity contribution is 5.87. The van der Waals surface area contributed by atoms with Gasteiger partial charge in [-0.15, -0.1) is 0 Å². The maximum Gasteiger partial charge on any atom is 0.246 e. The summed E-state index contributed by atoms with van der Waals surface area (Å²) in [6, 6.07) is 1.83. The van der Waals surface area contributed by atoms with Crippen LogP contribution in [0.3, 0.4) is 0 Å². The van der Waals surface area contributed by atoms with E-state index in [4.69, 9.17) is 0 Å². The quantitative estimate of drug-likeness (QED) is 0.782. The van der Waals surface area contributed by atoms with E-state index in [9.17, 15) is 9.59 Å². The number of likely N-dealkylation sites (tertiary alicyclic amines) is 1. The summed E-state index contributed by atoms with van der Waals surface area (Å²) in [7, 11) is 1.86. The van der Waals surface area contributed by atoms with Crippen LogP contribution in [-0.2, 0) is 16.6 Å². The van der Waals surface area contributed by atoms with Crippen molar-refractivity contribution in [2.24, 2.45) is 7.05 Å². The van der Waals surface area contributed by atoms with Crippen molar-refractivity contribution in [3.8, 4) is 0 Å². The van der Waals surface area contributed by atoms with Gasteiger partial charge in [-0.25, -0.2) is 0 Å². The van der Waals surface area contributed by atoms with Crippen molar-refractivity contribution in [3.63, 3.8) is 0 Å². The van der Waals surface area contributed by atoms with Gasteiger partial charge in [0.25, 0.3) is 0 Å². The fourth-order valence-electron chi connectivity index (χ4n) is 2.57. The molecule has 6 nitrogen and oxygen atoms in total. The lowest BCUT2D eigenvalue weighted by molar-refractivity contribution is -0.125. The first-order chi connectivity index (χ1) is 9.02. The summed E-state index contributed by atoms with van der Waals surface area (Å²) in [5.74, 6) is -0.148. The Morgan fingerprint density at radius 1 is 1.53 bits per heavy atom. The summed E-state index contributed by atoms with van der Waals surface area (Å²) in [6.45, 7) is 6.05. The van der Waals surface area contributed by atoms with E-state index in [-0.39, 0.29) is 23.8 Å². The summed E-state index contributed by atoms with van der Waals surface area (Å²) in [5, 5.41) is 7.05. The molecule has 6 heteroatoms. The van der Waals surface area contributed by atoms with Crippen LogP contribution in [0.4, 0.5) is 0 Å². The lowest BCUT2D eigenvalue weighted by Crippen LogP contribution is -2.39. The number of nitrogens with one attached hydrogen (secondary N) is 1. The van der Waals surface area contributed by atoms with Gasteiger partial charge >= 0.3 is 0 Å². The Labute approximate surface area is 112 Å². The van der Waals surface area contributed by atoms with Crippen molar-refractivity contribution >= 4 is 11.8 Å². The fourth-order valence-corrected chi connectivity index (χ4v) is 2.57. The monoisotopic (exact) mass is 262 g/mol. The first kappa shape index (κ1) is 13.3. The average molecular weight is 262 g/mol. The SMILES string of the molecule is C=CC(=O)N1C[C@@H](NC(C)=O)[C@H](c2ccnn2C)C1. The van der Waals surface area contributed by atoms with Gasteiger partial charge in [0.15, 0.2) is 0 Å². The second-order valence-electron chi connectivity index (χ2n) is 4.74. The summed E-state index contributed by atoms with van der Waals surface area (Å²) in [5.41, 5.74) is 1.01. The zero-order valence-electron chi connectivity index (χ0n) is 11.2. The zero-order valence-corrected chi connectivity index (χ0v) is 11.2. The van der Waals surface area contributed by atoms with Crippen molar-refractivity contribution in [2.45, 2.75) is 18.9 Å². The first-order valence-electron chi connectivity index (χ1n) is 6.19. The van der Waals surface area contributed by atoms with Crippen LogP contribution in [0.25, 0.3) is 0 Å². The smallest absolute Gasteiger partial charge is 0.246 e. The molecule has 0 saturated carbocycles. The molecule has 2 amide bonds. The van der Waals surface area contributed by atoms with Gasteiger partial charge in [-0.2, -0.15) is 5.10 Å². The van der Waals surface area contributed by atoms with Crippen LogP contribution in [0.5, 0.6) is 0 Å². The second-order valence-corrected chi connectivity index (χ2v) is 4.74. The number of carbonyl (C=O) groups excluding carboxylic acids is 2. The standard InChI is InChI=1S/C13H18N4O2/c1-4-13(19)17-7-10(11(8-17)15-9(2)18)12-5-6-14-16(12)3/h4-6,10-11H,1,7-8H2,2-3H3,(H,15,18)/t10-,11-/m1/s1. The van der Waals surface area contributed by atoms with Crippen molar-refractivity contribution in [2.75, 3.05) is 13.1 Å². The Bertz CT molecular complexity index is 508. The highest BCUT2D eigenvalue weighted by atomic mass is 16.2. The predicted molar refractivity (Wildman–Crippen MR) is 70.3 cm³/mol. The number of hydrogen-bond acceptors (Lipinski definition) is 3. The normalized spacial score (nSPS) is 22.3. The van der Waals surface area contributed by atoms with Crippen LogP contribution in [0.1, 0.15) is 18.5 Å². The molecule has 2 rings (SSSR count). The molecule has 0 unspecified atom stereocenters. The van der Waals surface area contributed by atoms with Crippen LogP contribution < -0.4 is 5.32 Å². The zero-order chi connectivity index (χ0) is 14.0. The Kier molecular flexibility index (Phi) is 3.69. The van der Waals surface area contributed by atoms with E-state index in [1.165, 1.54) is 13.0 Å². The van der Waals surface area contributed by atoms with E-state index in [1.54, 1.807) is 15.8 Å². The molecule has 1 fully saturated rings. The van der Waals surface area contributed by atoms with Gasteiger partial charge in [0, 0.05) is 44.9 Å². The van der Waals surface area contributed by atoms with E-state index in [2.05, 4.69) is 17.0 Å². The van der Waals surface area contributed by atoms with Gasteiger partial charge in [0.05, 0.1) is 6.04 Å². The molecule has 2 atom stereocenters. The largest absolute Gasteiger partial charge is 0.351 e. The molecular formula is C13H18N4O2. The predicted octanol–water partition coefficient (Wildman–Crippen LogP) is 0.0366. The van der Waals surface area contributed by atoms with Crippen LogP contribution in [0, 0.1) is 0 Å². The third-order valence-corrected chi connectivity index (χ3v) is 3.43. The van der Waals surface area contributed by atoms with Crippen molar-refractivity contribution in [3.05, 3.63) is 30.6 Å². The summed E-state index contributed by atoms with van der Waals surface area (Å²) >= 11 is 0. The number of amides is 2. The molecule has 0 spiro atoms. The summed E-state index contributed by atoms with van der Waals surface area (Å²) in [4.78, 5) is 24.7. The lowest BCUT2D eigenvalue weighted by atomic mass is 9.99. The molecule has 1 saturated heterocycles. The van der Waals surface area contributed by atoms with Gasteiger partial charge in [0.1, 0.15) is 0 Å². The number of rotatable bonds is 3. The van der Waals surface area contributed by atoms with Crippen LogP contribution in [0.15, 0.2) is 24.9 Å². The number of nitrogens with zero attached hydrogens (tertiary/aromatic N) is 3. The number of aromatic nitrogens is 2. The maximum atomic E-state index is 11.7. The van der Waals surface area contributed by atoms with E-state index in [0.717, 1.165) is 5.69 Å². The lowest BCUT2D eigenvalue weighted by Gasteiger charge is -2.18. The molecule has 0 radical (unpaired) electrons. The van der Waals surface area contributed by atoms with Gasteiger partial charge in [-0.1, -0.05) is 6.58 Å². The van der Waals surface area contributed by atoms with Gasteiger partial charge in [-0.3, -0.25) is 14.3 Å². The third kappa shape index (κ3) is 2.67. The summed E-state index contributed by atoms with van der Waals surface area (Å²) in [6.07, 6.45) is 3.02. The van der Waals surface area contributed by atoms with E-state index >= 15 is 0 Å². The fraction of sp³-hybridized carbons (Fsp3) is 0.462. The molecule has 1 aromatic rings. The summed E-state index contributed by atoms with van der Waals surface area (Å²) < 4.78 is 1.78. The highest BCUT2D eigenvalue weighted by Crippen LogP contribution is 2.27. The van der Waals surface area contributed by atoms with Crippen LogP contribution in [-0.4, -0.2) is 45.6 Å². The molecule has 0 bridgehead atoms. The Hall–Kier alpha value is -2.11. The molecule has 2 heterocycles. The topological polar surface area (TPSA) is 67.2 Å². The van der Waals surface area contributed by atoms with Crippen molar-refractivity contribution < 1.29 is 9.59 Å². The number of carbonyl (C=O) groups is 2. The molecule has 1 aliphatic heterocycles. The minimum absolute atomic E-state index is 0.0558. The molecule has 19 heavy (non-hydrogen) atoms. The molecule has 0 aliphatic carbocycles. The van der Waals surface area contributed by atoms with E-state index in [0.29, 0.717) is 13.1 Å². The van der Waals surface area contributed by atoms with Crippen LogP contribution in [0.2, 0.25) is 0 Å². The highest BCUT2D eigenvalue weighted by Gasteiger charge is 2.37. The minimum Gasteiger partial charge on any atom is -0.351 e. The Morgan fingerprint density at radius 2 is 2.26 bits per heavy atom. The first-order valence-corrected chi connectivity index (χ1v) is 6.19. The van der Waals surface area contributed by atoms with Gasteiger partial charge in [-0.05, 0) is 12.1 Å². The molecule has 1 aromatic heterocycles. The molecule has 0 aromatic carbocycles. The second kappa shape index (κ2) is 5.26. The Morgan fingerprint density at radius 3 is 2.79 bits per heavy atom. The number of hydrogen-bond donors (Lipinski definition) is 1. The van der Waals surface area contributed by atoms with Gasteiger partial charge < -0.3 is 10.2 Å². The van der Waals surface area contributed by atoms with Crippen LogP contribution >= 0.6 is 0 Å². The van der Waals surface area contributed by atoms with Crippen molar-refractivity contribution in [1.82, 2.24) is 20.0 Å². The van der Waals surface area contributed by atoms with Gasteiger partial charge in [0.2, 0.25) is 11.8 Å². The minimum atomic E-state index is -0.111. The molecular weight excluding hydrogens is 244 g/mol. The van der Waals surface area contributed by atoms with Crippen molar-refractivity contribution in [1.29, 1.82) is 0 Å². The van der Waals surface area contributed by atoms with E-state index in [1.807, 2.05) is 13.1 Å². The molecule has 1 aliphatic rings. The number of aryl methyl sites for hydroxylation is 1. The van der Waals surface area contributed by atoms with E-state index < -0.39 is 0 Å². The molecule has 1 N–H and O–H groups in total. The average Bonchev–Trinajstić information content (AvgIpc) is 2.94. The third-order valence-electron chi connectivity index (χ3n) is 3.43. The molecule has 102 valence electrons.